The van der Waals surface area contributed by atoms with Gasteiger partial charge in [0.2, 0.25) is 5.91 Å². The first-order valence-electron chi connectivity index (χ1n) is 8.88. The second-order valence-electron chi connectivity index (χ2n) is 6.10. The first kappa shape index (κ1) is 18.1. The average Bonchev–Trinajstić information content (AvgIpc) is 2.63. The molecule has 0 atom stereocenters. The van der Waals surface area contributed by atoms with Gasteiger partial charge in [-0.15, -0.1) is 0 Å². The first-order chi connectivity index (χ1) is 11.7. The van der Waals surface area contributed by atoms with E-state index in [2.05, 4.69) is 29.1 Å². The van der Waals surface area contributed by atoms with Crippen molar-refractivity contribution in [1.29, 1.82) is 0 Å². The van der Waals surface area contributed by atoms with Crippen LogP contribution in [0.5, 0.6) is 0 Å². The van der Waals surface area contributed by atoms with Crippen molar-refractivity contribution in [3.8, 4) is 11.4 Å². The summed E-state index contributed by atoms with van der Waals surface area (Å²) in [5.74, 6) is 1.06. The van der Waals surface area contributed by atoms with Crippen molar-refractivity contribution in [2.45, 2.75) is 46.0 Å². The Morgan fingerprint density at radius 3 is 2.25 bits per heavy atom. The Balaban J connectivity index is 1.83. The number of carbonyl (C=O) groups excluding carboxylic acids is 1. The molecule has 1 N–H and O–H groups in total. The molecule has 1 aromatic heterocycles. The summed E-state index contributed by atoms with van der Waals surface area (Å²) in [5.41, 5.74) is 2.05. The maximum atomic E-state index is 12.2. The smallest absolute Gasteiger partial charge is 0.223 e. The number of benzene rings is 1. The maximum absolute atomic E-state index is 12.2. The van der Waals surface area contributed by atoms with Crippen LogP contribution in [-0.4, -0.2) is 22.4 Å². The normalized spacial score (nSPS) is 10.8. The predicted molar refractivity (Wildman–Crippen MR) is 97.5 cm³/mol. The number of hydrogen-bond acceptors (Lipinski definition) is 3. The highest BCUT2D eigenvalue weighted by Gasteiger charge is 2.15. The van der Waals surface area contributed by atoms with Gasteiger partial charge in [-0.05, 0) is 24.8 Å². The molecular weight excluding hydrogens is 298 g/mol. The van der Waals surface area contributed by atoms with E-state index in [-0.39, 0.29) is 11.8 Å². The third-order valence-electron chi connectivity index (χ3n) is 4.10. The van der Waals surface area contributed by atoms with Crippen LogP contribution in [0.15, 0.2) is 42.7 Å². The summed E-state index contributed by atoms with van der Waals surface area (Å²) in [4.78, 5) is 21.0. The Hall–Kier alpha value is -2.23. The molecule has 1 aromatic carbocycles. The highest BCUT2D eigenvalue weighted by atomic mass is 16.1. The van der Waals surface area contributed by atoms with Gasteiger partial charge in [-0.25, -0.2) is 9.97 Å². The van der Waals surface area contributed by atoms with Gasteiger partial charge in [0.1, 0.15) is 0 Å². The fraction of sp³-hybridized carbons (Fsp3) is 0.450. The van der Waals surface area contributed by atoms with Gasteiger partial charge in [-0.1, -0.05) is 57.0 Å². The number of hydrogen-bond donors (Lipinski definition) is 1. The third-order valence-corrected chi connectivity index (χ3v) is 4.10. The van der Waals surface area contributed by atoms with Crippen LogP contribution >= 0.6 is 0 Å². The van der Waals surface area contributed by atoms with Gasteiger partial charge in [-0.2, -0.15) is 0 Å². The monoisotopic (exact) mass is 325 g/mol. The van der Waals surface area contributed by atoms with Crippen LogP contribution in [0.4, 0.5) is 0 Å². The Morgan fingerprint density at radius 2 is 1.67 bits per heavy atom. The lowest BCUT2D eigenvalue weighted by molar-refractivity contribution is -0.125. The third kappa shape index (κ3) is 5.44. The first-order valence-corrected chi connectivity index (χ1v) is 8.88. The molecule has 2 aromatic rings. The largest absolute Gasteiger partial charge is 0.356 e. The van der Waals surface area contributed by atoms with Crippen LogP contribution in [0, 0.1) is 5.92 Å². The molecule has 24 heavy (non-hydrogen) atoms. The SMILES string of the molecule is CCCC(CCC)C(=O)NCCc1cnc(-c2ccccc2)nc1. The Bertz CT molecular complexity index is 605. The van der Waals surface area contributed by atoms with E-state index in [1.807, 2.05) is 42.7 Å². The van der Waals surface area contributed by atoms with E-state index in [1.165, 1.54) is 0 Å². The van der Waals surface area contributed by atoms with Crippen LogP contribution < -0.4 is 5.32 Å². The fourth-order valence-electron chi connectivity index (χ4n) is 2.80. The van der Waals surface area contributed by atoms with Gasteiger partial charge >= 0.3 is 0 Å². The molecule has 0 aliphatic rings. The van der Waals surface area contributed by atoms with Crippen LogP contribution in [0.3, 0.4) is 0 Å². The summed E-state index contributed by atoms with van der Waals surface area (Å²) < 4.78 is 0. The predicted octanol–water partition coefficient (Wildman–Crippen LogP) is 4.02. The second-order valence-corrected chi connectivity index (χ2v) is 6.10. The van der Waals surface area contributed by atoms with Crippen LogP contribution in [0.2, 0.25) is 0 Å². The molecule has 0 aliphatic heterocycles. The molecule has 0 saturated carbocycles. The maximum Gasteiger partial charge on any atom is 0.223 e. The molecule has 1 heterocycles. The average molecular weight is 325 g/mol. The highest BCUT2D eigenvalue weighted by Crippen LogP contribution is 2.14. The van der Waals surface area contributed by atoms with E-state index in [4.69, 9.17) is 0 Å². The van der Waals surface area contributed by atoms with E-state index in [0.29, 0.717) is 6.54 Å². The van der Waals surface area contributed by atoms with Gasteiger partial charge in [-0.3, -0.25) is 4.79 Å². The van der Waals surface area contributed by atoms with Crippen molar-refractivity contribution in [1.82, 2.24) is 15.3 Å². The minimum Gasteiger partial charge on any atom is -0.356 e. The molecular formula is C20H27N3O. The lowest BCUT2D eigenvalue weighted by Gasteiger charge is -2.15. The molecule has 0 unspecified atom stereocenters. The number of nitrogens with one attached hydrogen (secondary N) is 1. The van der Waals surface area contributed by atoms with Crippen molar-refractivity contribution in [2.75, 3.05) is 6.54 Å². The van der Waals surface area contributed by atoms with Crippen LogP contribution in [0.1, 0.15) is 45.1 Å². The van der Waals surface area contributed by atoms with Crippen molar-refractivity contribution in [3.05, 3.63) is 48.3 Å². The number of aromatic nitrogens is 2. The van der Waals surface area contributed by atoms with E-state index in [1.54, 1.807) is 0 Å². The van der Waals surface area contributed by atoms with Gasteiger partial charge < -0.3 is 5.32 Å². The van der Waals surface area contributed by atoms with Gasteiger partial charge in [0, 0.05) is 30.4 Å². The van der Waals surface area contributed by atoms with E-state index >= 15 is 0 Å². The molecule has 1 amide bonds. The van der Waals surface area contributed by atoms with Crippen molar-refractivity contribution >= 4 is 5.91 Å². The Labute approximate surface area is 144 Å². The minimum atomic E-state index is 0.150. The van der Waals surface area contributed by atoms with Gasteiger partial charge in [0.25, 0.3) is 0 Å². The zero-order chi connectivity index (χ0) is 17.2. The van der Waals surface area contributed by atoms with E-state index in [9.17, 15) is 4.79 Å². The molecule has 0 spiro atoms. The summed E-state index contributed by atoms with van der Waals surface area (Å²) in [6, 6.07) is 9.93. The van der Waals surface area contributed by atoms with Crippen molar-refractivity contribution in [2.24, 2.45) is 5.92 Å². The molecule has 0 fully saturated rings. The number of nitrogens with zero attached hydrogens (tertiary/aromatic N) is 2. The number of amides is 1. The Kier molecular flexibility index (Phi) is 7.40. The zero-order valence-electron chi connectivity index (χ0n) is 14.7. The number of rotatable bonds is 9. The van der Waals surface area contributed by atoms with E-state index < -0.39 is 0 Å². The summed E-state index contributed by atoms with van der Waals surface area (Å²) in [7, 11) is 0. The molecule has 4 nitrogen and oxygen atoms in total. The standard InChI is InChI=1S/C20H27N3O/c1-3-8-18(9-4-2)20(24)21-13-12-16-14-22-19(23-15-16)17-10-6-5-7-11-17/h5-7,10-11,14-15,18H,3-4,8-9,12-13H2,1-2H3,(H,21,24). The summed E-state index contributed by atoms with van der Waals surface area (Å²) >= 11 is 0. The molecule has 0 saturated heterocycles. The van der Waals surface area contributed by atoms with Gasteiger partial charge in [0.05, 0.1) is 0 Å². The molecule has 128 valence electrons. The van der Waals surface area contributed by atoms with Crippen molar-refractivity contribution < 1.29 is 4.79 Å². The summed E-state index contributed by atoms with van der Waals surface area (Å²) in [6.45, 7) is 4.89. The zero-order valence-corrected chi connectivity index (χ0v) is 14.7. The van der Waals surface area contributed by atoms with Crippen LogP contribution in [0.25, 0.3) is 11.4 Å². The van der Waals surface area contributed by atoms with Gasteiger partial charge in [0.15, 0.2) is 5.82 Å². The van der Waals surface area contributed by atoms with Crippen LogP contribution in [-0.2, 0) is 11.2 Å². The second kappa shape index (κ2) is 9.81. The fourth-order valence-corrected chi connectivity index (χ4v) is 2.80. The highest BCUT2D eigenvalue weighted by molar-refractivity contribution is 5.78. The lowest BCUT2D eigenvalue weighted by Crippen LogP contribution is -2.32. The molecule has 2 rings (SSSR count). The van der Waals surface area contributed by atoms with E-state index in [0.717, 1.165) is 49.1 Å². The quantitative estimate of drug-likeness (QED) is 0.757. The molecule has 0 radical (unpaired) electrons. The Morgan fingerprint density at radius 1 is 1.04 bits per heavy atom. The molecule has 4 heteroatoms. The van der Waals surface area contributed by atoms with Crippen molar-refractivity contribution in [3.63, 3.8) is 0 Å². The molecule has 0 aliphatic carbocycles. The summed E-state index contributed by atoms with van der Waals surface area (Å²) in [6.07, 6.45) is 8.47. The summed E-state index contributed by atoms with van der Waals surface area (Å²) in [5, 5.41) is 3.05. The molecule has 0 bridgehead atoms. The number of carbonyl (C=O) groups is 1. The topological polar surface area (TPSA) is 54.9 Å². The lowest BCUT2D eigenvalue weighted by atomic mass is 9.97. The minimum absolute atomic E-state index is 0.150.